The molecular weight excluding hydrogens is 540 g/mol. The summed E-state index contributed by atoms with van der Waals surface area (Å²) in [6.45, 7) is 6.39. The van der Waals surface area contributed by atoms with Crippen molar-refractivity contribution in [3.63, 3.8) is 0 Å². The molecule has 0 N–H and O–H groups in total. The Morgan fingerprint density at radius 3 is 1.69 bits per heavy atom. The summed E-state index contributed by atoms with van der Waals surface area (Å²) >= 11 is 7.39. The minimum absolute atomic E-state index is 0.278. The van der Waals surface area contributed by atoms with Crippen molar-refractivity contribution in [2.45, 2.75) is 20.8 Å². The van der Waals surface area contributed by atoms with Gasteiger partial charge in [0.05, 0.1) is 0 Å². The number of hydrogen-bond acceptors (Lipinski definition) is 0. The Morgan fingerprint density at radius 2 is 1.38 bits per heavy atom. The Morgan fingerprint density at radius 1 is 0.923 bits per heavy atom. The van der Waals surface area contributed by atoms with Crippen LogP contribution in [0.1, 0.15) is 16.7 Å². The van der Waals surface area contributed by atoms with E-state index in [1.807, 2.05) is 0 Å². The van der Waals surface area contributed by atoms with Crippen LogP contribution in [0, 0.1) is 20.8 Å². The molecule has 0 nitrogen and oxygen atoms in total. The number of rotatable bonds is 0. The zero-order valence-corrected chi connectivity index (χ0v) is 15.7. The predicted octanol–water partition coefficient (Wildman–Crippen LogP) is 5.27. The molecule has 1 aromatic carbocycles. The molecule has 0 aliphatic heterocycles. The van der Waals surface area contributed by atoms with Gasteiger partial charge in [-0.05, 0) is 31.9 Å². The van der Waals surface area contributed by atoms with Gasteiger partial charge >= 0.3 is 64.9 Å². The standard InChI is InChI=1S/C9H12.3HI.V/c1-7-4-5-8(2)9(3)6-7;;;;/h4-6H,1-3H3;3*1H;/q;;;;+3/p-3. The SMILES string of the molecule is Cc1ccc(C)c(C)c1.[I][V]([I])[I]. The molecule has 0 bridgehead atoms. The fourth-order valence-corrected chi connectivity index (χ4v) is 0.891. The van der Waals surface area contributed by atoms with E-state index in [1.165, 1.54) is 16.7 Å². The number of aryl methyl sites for hydroxylation is 3. The first kappa shape index (κ1) is 15.0. The van der Waals surface area contributed by atoms with Crippen LogP contribution >= 0.6 is 59.9 Å². The van der Waals surface area contributed by atoms with E-state index in [9.17, 15) is 0 Å². The molecule has 1 aromatic rings. The van der Waals surface area contributed by atoms with Gasteiger partial charge in [-0.15, -0.1) is 0 Å². The Balaban J connectivity index is 0.000000310. The molecule has 4 heteroatoms. The van der Waals surface area contributed by atoms with Crippen molar-refractivity contribution in [3.8, 4) is 0 Å². The van der Waals surface area contributed by atoms with Crippen LogP contribution in [0.15, 0.2) is 18.2 Å². The normalized spacial score (nSPS) is 9.46. The zero-order chi connectivity index (χ0) is 10.4. The van der Waals surface area contributed by atoms with Gasteiger partial charge in [-0.3, -0.25) is 0 Å². The average molecular weight is 552 g/mol. The van der Waals surface area contributed by atoms with E-state index in [0.717, 1.165) is 0 Å². The first-order valence-corrected chi connectivity index (χ1v) is 17.3. The molecule has 1 rings (SSSR count). The number of halogens is 3. The fraction of sp³-hybridized carbons (Fsp3) is 0.333. The van der Waals surface area contributed by atoms with Gasteiger partial charge in [0.1, 0.15) is 0 Å². The van der Waals surface area contributed by atoms with Crippen LogP contribution in [0.4, 0.5) is 0 Å². The van der Waals surface area contributed by atoms with Crippen molar-refractivity contribution >= 4 is 59.9 Å². The van der Waals surface area contributed by atoms with E-state index in [0.29, 0.717) is 0 Å². The summed E-state index contributed by atoms with van der Waals surface area (Å²) in [6, 6.07) is 6.50. The van der Waals surface area contributed by atoms with Gasteiger partial charge in [0.25, 0.3) is 0 Å². The Bertz CT molecular complexity index is 258. The summed E-state index contributed by atoms with van der Waals surface area (Å²) in [6.07, 6.45) is 0. The third kappa shape index (κ3) is 8.95. The van der Waals surface area contributed by atoms with Crippen LogP contribution in [-0.4, -0.2) is 0 Å². The van der Waals surface area contributed by atoms with Crippen molar-refractivity contribution < 1.29 is 4.92 Å². The van der Waals surface area contributed by atoms with Crippen LogP contribution in [0.3, 0.4) is 0 Å². The van der Waals surface area contributed by atoms with Gasteiger partial charge in [-0.1, -0.05) is 23.8 Å². The number of benzene rings is 1. The summed E-state index contributed by atoms with van der Waals surface area (Å²) in [5.74, 6) is 0. The van der Waals surface area contributed by atoms with Gasteiger partial charge in [0.2, 0.25) is 0 Å². The van der Waals surface area contributed by atoms with E-state index in [2.05, 4.69) is 98.9 Å². The maximum absolute atomic E-state index is 2.46. The minimum atomic E-state index is -0.278. The summed E-state index contributed by atoms with van der Waals surface area (Å²) in [5, 5.41) is 0. The third-order valence-corrected chi connectivity index (χ3v) is 1.66. The molecule has 0 spiro atoms. The van der Waals surface area contributed by atoms with Gasteiger partial charge in [-0.25, -0.2) is 0 Å². The van der Waals surface area contributed by atoms with Crippen LogP contribution in [0.5, 0.6) is 0 Å². The second-order valence-corrected chi connectivity index (χ2v) is 38.1. The fourth-order valence-electron chi connectivity index (χ4n) is 0.891. The van der Waals surface area contributed by atoms with Crippen molar-refractivity contribution in [3.05, 3.63) is 34.9 Å². The second-order valence-electron chi connectivity index (χ2n) is 2.78. The first-order chi connectivity index (χ1) is 5.93. The van der Waals surface area contributed by atoms with E-state index in [-0.39, 0.29) is 4.92 Å². The van der Waals surface area contributed by atoms with Gasteiger partial charge in [0, 0.05) is 0 Å². The molecule has 0 radical (unpaired) electrons. The molecule has 0 saturated heterocycles. The van der Waals surface area contributed by atoms with E-state index >= 15 is 0 Å². The van der Waals surface area contributed by atoms with Crippen molar-refractivity contribution in [1.29, 1.82) is 0 Å². The molecule has 0 aliphatic carbocycles. The predicted molar refractivity (Wildman–Crippen MR) is 82.7 cm³/mol. The Hall–Kier alpha value is 1.99. The summed E-state index contributed by atoms with van der Waals surface area (Å²) in [5.41, 5.74) is 4.11. The second kappa shape index (κ2) is 8.18. The van der Waals surface area contributed by atoms with Crippen molar-refractivity contribution in [1.82, 2.24) is 0 Å². The Labute approximate surface area is 118 Å². The Kier molecular flexibility index (Phi) is 9.44. The molecular formula is C9H12I3V. The monoisotopic (exact) mass is 552 g/mol. The topological polar surface area (TPSA) is 0 Å². The van der Waals surface area contributed by atoms with Crippen LogP contribution in [-0.2, 0) is 4.92 Å². The van der Waals surface area contributed by atoms with Crippen LogP contribution in [0.2, 0.25) is 0 Å². The maximum atomic E-state index is 2.46. The molecule has 0 aromatic heterocycles. The van der Waals surface area contributed by atoms with Crippen LogP contribution < -0.4 is 0 Å². The molecule has 0 saturated carbocycles. The quantitative estimate of drug-likeness (QED) is 0.386. The van der Waals surface area contributed by atoms with Crippen molar-refractivity contribution in [2.24, 2.45) is 0 Å². The zero-order valence-electron chi connectivity index (χ0n) is 7.81. The van der Waals surface area contributed by atoms with Gasteiger partial charge in [-0.2, -0.15) is 0 Å². The van der Waals surface area contributed by atoms with Crippen LogP contribution in [0.25, 0.3) is 0 Å². The molecule has 0 heterocycles. The molecule has 0 fully saturated rings. The average Bonchev–Trinajstić information content (AvgIpc) is 1.96. The molecule has 0 atom stereocenters. The van der Waals surface area contributed by atoms with E-state index in [1.54, 1.807) is 0 Å². The number of hydrogen-bond donors (Lipinski definition) is 0. The summed E-state index contributed by atoms with van der Waals surface area (Å²) in [7, 11) is 0. The molecule has 0 aliphatic rings. The summed E-state index contributed by atoms with van der Waals surface area (Å²) < 4.78 is 0. The van der Waals surface area contributed by atoms with Gasteiger partial charge < -0.3 is 0 Å². The summed E-state index contributed by atoms with van der Waals surface area (Å²) in [4.78, 5) is -0.278. The van der Waals surface area contributed by atoms with E-state index < -0.39 is 0 Å². The van der Waals surface area contributed by atoms with Gasteiger partial charge in [0.15, 0.2) is 0 Å². The van der Waals surface area contributed by atoms with E-state index in [4.69, 9.17) is 0 Å². The third-order valence-electron chi connectivity index (χ3n) is 1.66. The van der Waals surface area contributed by atoms with Crippen molar-refractivity contribution in [2.75, 3.05) is 0 Å². The molecule has 13 heavy (non-hydrogen) atoms. The first-order valence-electron chi connectivity index (χ1n) is 3.75. The molecule has 74 valence electrons. The molecule has 0 amide bonds. The molecule has 0 unspecified atom stereocenters.